The summed E-state index contributed by atoms with van der Waals surface area (Å²) in [7, 11) is 1.73. The van der Waals surface area contributed by atoms with Gasteiger partial charge in [0.2, 0.25) is 0 Å². The minimum Gasteiger partial charge on any atom is -0.461 e. The molecule has 0 aromatic carbocycles. The van der Waals surface area contributed by atoms with E-state index >= 15 is 0 Å². The highest BCUT2D eigenvalue weighted by molar-refractivity contribution is 6.07. The first-order valence-electron chi connectivity index (χ1n) is 9.47. The number of Topliss-reactive ketones (excluding diaryl/α,β-unsaturated/α-hetero) is 1. The Labute approximate surface area is 165 Å². The first-order valence-corrected chi connectivity index (χ1v) is 9.47. The Hall–Kier alpha value is -2.83. The Morgan fingerprint density at radius 3 is 2.46 bits per heavy atom. The number of esters is 1. The number of aromatic nitrogens is 1. The molecule has 2 aromatic rings. The maximum Gasteiger partial charge on any atom is 0.355 e. The second-order valence-electron chi connectivity index (χ2n) is 6.73. The second-order valence-corrected chi connectivity index (χ2v) is 6.73. The first-order chi connectivity index (χ1) is 13.3. The molecule has 7 nitrogen and oxygen atoms in total. The van der Waals surface area contributed by atoms with Gasteiger partial charge in [-0.25, -0.2) is 4.79 Å². The first kappa shape index (κ1) is 21.5. The van der Waals surface area contributed by atoms with Crippen molar-refractivity contribution in [1.29, 1.82) is 0 Å². The number of amides is 1. The number of rotatable bonds is 8. The van der Waals surface area contributed by atoms with E-state index < -0.39 is 12.0 Å². The van der Waals surface area contributed by atoms with Gasteiger partial charge < -0.3 is 18.6 Å². The molecule has 0 saturated carbocycles. The lowest BCUT2D eigenvalue weighted by molar-refractivity contribution is 0.0513. The molecule has 152 valence electrons. The summed E-state index contributed by atoms with van der Waals surface area (Å²) in [6.45, 7) is 9.57. The molecular formula is C21H28N2O5. The Balaban J connectivity index is 2.42. The van der Waals surface area contributed by atoms with E-state index in [0.29, 0.717) is 35.5 Å². The molecule has 0 saturated heterocycles. The molecule has 28 heavy (non-hydrogen) atoms. The van der Waals surface area contributed by atoms with Crippen molar-refractivity contribution in [3.8, 4) is 0 Å². The van der Waals surface area contributed by atoms with Crippen LogP contribution in [0.3, 0.4) is 0 Å². The Morgan fingerprint density at radius 1 is 1.25 bits per heavy atom. The predicted molar refractivity (Wildman–Crippen MR) is 105 cm³/mol. The highest BCUT2D eigenvalue weighted by Gasteiger charge is 2.33. The summed E-state index contributed by atoms with van der Waals surface area (Å²) in [6.07, 6.45) is 2.13. The average Bonchev–Trinajstić information content (AvgIpc) is 3.26. The van der Waals surface area contributed by atoms with E-state index in [2.05, 4.69) is 0 Å². The van der Waals surface area contributed by atoms with Crippen LogP contribution in [-0.4, -0.2) is 46.3 Å². The monoisotopic (exact) mass is 388 g/mol. The highest BCUT2D eigenvalue weighted by atomic mass is 16.5. The van der Waals surface area contributed by atoms with Gasteiger partial charge in [-0.2, -0.15) is 0 Å². The Bertz CT molecular complexity index is 864. The van der Waals surface area contributed by atoms with Crippen LogP contribution in [0.5, 0.6) is 0 Å². The van der Waals surface area contributed by atoms with Crippen LogP contribution in [0.15, 0.2) is 22.8 Å². The van der Waals surface area contributed by atoms with E-state index in [0.717, 1.165) is 0 Å². The van der Waals surface area contributed by atoms with Crippen LogP contribution < -0.4 is 0 Å². The molecule has 1 amide bonds. The number of hydrogen-bond acceptors (Lipinski definition) is 5. The van der Waals surface area contributed by atoms with E-state index in [4.69, 9.17) is 9.15 Å². The quantitative estimate of drug-likeness (QED) is 0.510. The third-order valence-electron chi connectivity index (χ3n) is 4.95. The molecule has 1 atom stereocenters. The van der Waals surface area contributed by atoms with Gasteiger partial charge in [0, 0.05) is 24.8 Å². The maximum absolute atomic E-state index is 13.3. The molecule has 0 aliphatic carbocycles. The van der Waals surface area contributed by atoms with Crippen molar-refractivity contribution in [3.05, 3.63) is 46.7 Å². The van der Waals surface area contributed by atoms with Gasteiger partial charge in [0.05, 0.1) is 18.9 Å². The fourth-order valence-corrected chi connectivity index (χ4v) is 3.43. The maximum atomic E-state index is 13.3. The number of carbonyl (C=O) groups is 3. The molecule has 0 aliphatic heterocycles. The number of furan rings is 1. The zero-order valence-electron chi connectivity index (χ0n) is 17.4. The van der Waals surface area contributed by atoms with Crippen LogP contribution in [0.1, 0.15) is 69.9 Å². The summed E-state index contributed by atoms with van der Waals surface area (Å²) in [5.74, 6) is -0.810. The van der Waals surface area contributed by atoms with Gasteiger partial charge in [-0.3, -0.25) is 9.59 Å². The third kappa shape index (κ3) is 3.88. The molecule has 7 heteroatoms. The molecule has 0 spiro atoms. The van der Waals surface area contributed by atoms with Crippen LogP contribution in [-0.2, 0) is 11.8 Å². The summed E-state index contributed by atoms with van der Waals surface area (Å²) < 4.78 is 12.0. The standard InChI is InChI=1S/C21H28N2O5/c1-7-11-23(20(25)16-10-9-12-28-16)15(5)19(24)17-13(3)18(21(26)27-8-2)22(6)14(17)4/h9-10,12,15H,7-8,11H2,1-6H3. The highest BCUT2D eigenvalue weighted by Crippen LogP contribution is 2.25. The van der Waals surface area contributed by atoms with E-state index in [-0.39, 0.29) is 24.1 Å². The van der Waals surface area contributed by atoms with E-state index in [1.807, 2.05) is 6.92 Å². The van der Waals surface area contributed by atoms with Crippen LogP contribution in [0.25, 0.3) is 0 Å². The molecule has 0 radical (unpaired) electrons. The molecule has 1 unspecified atom stereocenters. The lowest BCUT2D eigenvalue weighted by Crippen LogP contribution is -2.44. The van der Waals surface area contributed by atoms with Crippen LogP contribution in [0.4, 0.5) is 0 Å². The van der Waals surface area contributed by atoms with Crippen molar-refractivity contribution >= 4 is 17.7 Å². The largest absolute Gasteiger partial charge is 0.461 e. The smallest absolute Gasteiger partial charge is 0.355 e. The van der Waals surface area contributed by atoms with E-state index in [9.17, 15) is 14.4 Å². The van der Waals surface area contributed by atoms with Crippen molar-refractivity contribution in [2.24, 2.45) is 7.05 Å². The summed E-state index contributed by atoms with van der Waals surface area (Å²) in [4.78, 5) is 40.0. The minimum absolute atomic E-state index is 0.196. The summed E-state index contributed by atoms with van der Waals surface area (Å²) in [5, 5.41) is 0. The fourth-order valence-electron chi connectivity index (χ4n) is 3.43. The summed E-state index contributed by atoms with van der Waals surface area (Å²) in [5.41, 5.74) is 2.04. The van der Waals surface area contributed by atoms with Crippen molar-refractivity contribution in [2.45, 2.75) is 47.1 Å². The fraction of sp³-hybridized carbons (Fsp3) is 0.476. The molecule has 0 aliphatic rings. The molecule has 0 fully saturated rings. The predicted octanol–water partition coefficient (Wildman–Crippen LogP) is 3.54. The van der Waals surface area contributed by atoms with E-state index in [1.165, 1.54) is 11.2 Å². The molecule has 0 bridgehead atoms. The molecule has 2 heterocycles. The van der Waals surface area contributed by atoms with Gasteiger partial charge >= 0.3 is 5.97 Å². The zero-order chi connectivity index (χ0) is 21.0. The summed E-state index contributed by atoms with van der Waals surface area (Å²) >= 11 is 0. The van der Waals surface area contributed by atoms with Gasteiger partial charge in [-0.05, 0) is 51.8 Å². The van der Waals surface area contributed by atoms with Crippen LogP contribution in [0, 0.1) is 13.8 Å². The molecule has 0 N–H and O–H groups in total. The van der Waals surface area contributed by atoms with Crippen molar-refractivity contribution in [2.75, 3.05) is 13.2 Å². The number of ether oxygens (including phenoxy) is 1. The van der Waals surface area contributed by atoms with E-state index in [1.54, 1.807) is 51.4 Å². The number of carbonyl (C=O) groups excluding carboxylic acids is 3. The summed E-state index contributed by atoms with van der Waals surface area (Å²) in [6, 6.07) is 2.52. The molecule has 2 aromatic heterocycles. The number of nitrogens with zero attached hydrogens (tertiary/aromatic N) is 2. The average molecular weight is 388 g/mol. The number of hydrogen-bond donors (Lipinski definition) is 0. The normalized spacial score (nSPS) is 11.9. The van der Waals surface area contributed by atoms with Crippen molar-refractivity contribution < 1.29 is 23.5 Å². The van der Waals surface area contributed by atoms with Crippen LogP contribution >= 0.6 is 0 Å². The van der Waals surface area contributed by atoms with Crippen molar-refractivity contribution in [1.82, 2.24) is 9.47 Å². The Kier molecular flexibility index (Phi) is 6.83. The molecule has 2 rings (SSSR count). The third-order valence-corrected chi connectivity index (χ3v) is 4.95. The zero-order valence-corrected chi connectivity index (χ0v) is 17.4. The lowest BCUT2D eigenvalue weighted by Gasteiger charge is -2.27. The number of ketones is 1. The van der Waals surface area contributed by atoms with Gasteiger partial charge in [-0.1, -0.05) is 6.92 Å². The van der Waals surface area contributed by atoms with Gasteiger partial charge in [-0.15, -0.1) is 0 Å². The lowest BCUT2D eigenvalue weighted by atomic mass is 9.99. The van der Waals surface area contributed by atoms with Gasteiger partial charge in [0.1, 0.15) is 5.69 Å². The minimum atomic E-state index is -0.701. The van der Waals surface area contributed by atoms with Gasteiger partial charge in [0.15, 0.2) is 11.5 Å². The topological polar surface area (TPSA) is 81.8 Å². The molecular weight excluding hydrogens is 360 g/mol. The van der Waals surface area contributed by atoms with Gasteiger partial charge in [0.25, 0.3) is 5.91 Å². The van der Waals surface area contributed by atoms with Crippen molar-refractivity contribution in [3.63, 3.8) is 0 Å². The second kappa shape index (κ2) is 8.91. The van der Waals surface area contributed by atoms with Crippen LogP contribution in [0.2, 0.25) is 0 Å². The Morgan fingerprint density at radius 2 is 1.93 bits per heavy atom. The SMILES string of the molecule is CCCN(C(=O)c1ccco1)C(C)C(=O)c1c(C)c(C(=O)OCC)n(C)c1C.